The van der Waals surface area contributed by atoms with E-state index in [2.05, 4.69) is 41.4 Å². The average molecular weight is 441 g/mol. The van der Waals surface area contributed by atoms with Gasteiger partial charge in [-0.1, -0.05) is 39.3 Å². The van der Waals surface area contributed by atoms with Crippen LogP contribution < -0.4 is 0 Å². The second-order valence-corrected chi connectivity index (χ2v) is 8.22. The first-order valence-electron chi connectivity index (χ1n) is 10.8. The maximum absolute atomic E-state index is 14.5. The number of aromatic amines is 1. The molecule has 0 aliphatic rings. The first-order valence-corrected chi connectivity index (χ1v) is 10.8. The van der Waals surface area contributed by atoms with Crippen LogP contribution in [0.5, 0.6) is 0 Å². The van der Waals surface area contributed by atoms with Crippen LogP contribution in [0.1, 0.15) is 50.8 Å². The first kappa shape index (κ1) is 21.8. The molecule has 0 amide bonds. The Labute approximate surface area is 184 Å². The lowest BCUT2D eigenvalue weighted by Crippen LogP contribution is -2.08. The van der Waals surface area contributed by atoms with E-state index in [9.17, 15) is 8.78 Å². The average Bonchev–Trinajstić information content (AvgIpc) is 3.46. The minimum Gasteiger partial charge on any atom is -0.280 e. The van der Waals surface area contributed by atoms with E-state index in [4.69, 9.17) is 10.1 Å². The Morgan fingerprint density at radius 3 is 2.56 bits per heavy atom. The summed E-state index contributed by atoms with van der Waals surface area (Å²) in [4.78, 5) is 4.74. The molecule has 0 radical (unpaired) electrons. The number of hydrogen-bond acceptors (Lipinski definition) is 5. The van der Waals surface area contributed by atoms with Gasteiger partial charge in [-0.3, -0.25) is 4.57 Å². The molecular weight excluding hydrogens is 414 g/mol. The minimum absolute atomic E-state index is 0.0522. The van der Waals surface area contributed by atoms with Crippen LogP contribution in [0.25, 0.3) is 17.2 Å². The second-order valence-electron chi connectivity index (χ2n) is 8.22. The Morgan fingerprint density at radius 1 is 1.12 bits per heavy atom. The Bertz CT molecular complexity index is 1160. The van der Waals surface area contributed by atoms with Crippen LogP contribution in [-0.2, 0) is 19.4 Å². The molecule has 1 aromatic carbocycles. The minimum atomic E-state index is -0.744. The van der Waals surface area contributed by atoms with E-state index >= 15 is 0 Å². The van der Waals surface area contributed by atoms with E-state index in [1.807, 2.05) is 16.8 Å². The van der Waals surface area contributed by atoms with Gasteiger partial charge in [-0.15, -0.1) is 5.10 Å². The number of nitrogens with one attached hydrogen (secondary N) is 1. The van der Waals surface area contributed by atoms with Crippen LogP contribution in [0, 0.1) is 17.7 Å². The van der Waals surface area contributed by atoms with Crippen molar-refractivity contribution < 1.29 is 8.78 Å². The van der Waals surface area contributed by atoms with Gasteiger partial charge in [0.05, 0.1) is 6.54 Å². The second kappa shape index (κ2) is 9.37. The van der Waals surface area contributed by atoms with Gasteiger partial charge in [0.1, 0.15) is 11.5 Å². The number of hydrogen-bond donors (Lipinski definition) is 1. The number of benzene rings is 1. The van der Waals surface area contributed by atoms with Crippen molar-refractivity contribution in [2.75, 3.05) is 0 Å². The zero-order chi connectivity index (χ0) is 22.7. The number of H-pyrrole nitrogens is 1. The molecular formula is C22H26F2N8. The molecule has 0 saturated carbocycles. The topological polar surface area (TPSA) is 90.1 Å². The molecule has 8 nitrogen and oxygen atoms in total. The molecule has 0 atom stereocenters. The van der Waals surface area contributed by atoms with Crippen molar-refractivity contribution in [1.29, 1.82) is 0 Å². The van der Waals surface area contributed by atoms with Crippen LogP contribution in [-0.4, -0.2) is 40.0 Å². The predicted octanol–water partition coefficient (Wildman–Crippen LogP) is 4.12. The number of nitrogens with zero attached hydrogens (tertiary/aromatic N) is 7. The molecule has 0 aliphatic carbocycles. The number of aromatic nitrogens is 8. The zero-order valence-corrected chi connectivity index (χ0v) is 18.4. The molecule has 1 N–H and O–H groups in total. The van der Waals surface area contributed by atoms with Gasteiger partial charge in [-0.25, -0.2) is 19.2 Å². The van der Waals surface area contributed by atoms with Crippen LogP contribution in [0.2, 0.25) is 0 Å². The highest BCUT2D eigenvalue weighted by Gasteiger charge is 2.21. The van der Waals surface area contributed by atoms with Gasteiger partial charge in [0.25, 0.3) is 0 Å². The molecule has 0 fully saturated rings. The van der Waals surface area contributed by atoms with Crippen molar-refractivity contribution in [1.82, 2.24) is 40.0 Å². The monoisotopic (exact) mass is 440 g/mol. The van der Waals surface area contributed by atoms with Gasteiger partial charge in [0.2, 0.25) is 5.95 Å². The van der Waals surface area contributed by atoms with Gasteiger partial charge in [0.15, 0.2) is 17.5 Å². The van der Waals surface area contributed by atoms with Crippen LogP contribution >= 0.6 is 0 Å². The van der Waals surface area contributed by atoms with E-state index in [0.717, 1.165) is 53.5 Å². The predicted molar refractivity (Wildman–Crippen MR) is 115 cm³/mol. The first-order chi connectivity index (χ1) is 15.5. The smallest absolute Gasteiger partial charge is 0.201 e. The number of tetrazole rings is 1. The normalized spacial score (nSPS) is 11.6. The van der Waals surface area contributed by atoms with Crippen molar-refractivity contribution in [2.24, 2.45) is 5.92 Å². The molecule has 4 rings (SSSR count). The number of rotatable bonds is 9. The van der Waals surface area contributed by atoms with Crippen molar-refractivity contribution in [3.05, 3.63) is 59.3 Å². The maximum atomic E-state index is 14.5. The third kappa shape index (κ3) is 4.58. The highest BCUT2D eigenvalue weighted by atomic mass is 19.1. The lowest BCUT2D eigenvalue weighted by Gasteiger charge is -2.10. The molecule has 4 aromatic rings. The lowest BCUT2D eigenvalue weighted by atomic mass is 10.1. The summed E-state index contributed by atoms with van der Waals surface area (Å²) in [5.41, 5.74) is 1.40. The van der Waals surface area contributed by atoms with Gasteiger partial charge < -0.3 is 0 Å². The fourth-order valence-corrected chi connectivity index (χ4v) is 3.63. The van der Waals surface area contributed by atoms with Crippen molar-refractivity contribution >= 4 is 0 Å². The highest BCUT2D eigenvalue weighted by Crippen LogP contribution is 2.26. The van der Waals surface area contributed by atoms with Crippen molar-refractivity contribution in [3.8, 4) is 17.2 Å². The molecule has 0 saturated heterocycles. The van der Waals surface area contributed by atoms with Crippen LogP contribution in [0.3, 0.4) is 0 Å². The molecule has 0 bridgehead atoms. The van der Waals surface area contributed by atoms with Crippen LogP contribution in [0.15, 0.2) is 30.3 Å². The molecule has 0 unspecified atom stereocenters. The molecule has 0 spiro atoms. The molecule has 168 valence electrons. The quantitative estimate of drug-likeness (QED) is 0.423. The summed E-state index contributed by atoms with van der Waals surface area (Å²) in [6, 6.07) is 8.05. The van der Waals surface area contributed by atoms with Gasteiger partial charge in [-0.05, 0) is 40.5 Å². The van der Waals surface area contributed by atoms with E-state index < -0.39 is 11.8 Å². The molecule has 32 heavy (non-hydrogen) atoms. The molecule has 3 heterocycles. The Kier molecular flexibility index (Phi) is 6.38. The third-order valence-corrected chi connectivity index (χ3v) is 5.14. The summed E-state index contributed by atoms with van der Waals surface area (Å²) in [5, 5.41) is 17.8. The zero-order valence-electron chi connectivity index (χ0n) is 18.4. The van der Waals surface area contributed by atoms with Gasteiger partial charge in [0, 0.05) is 24.6 Å². The largest absolute Gasteiger partial charge is 0.280 e. The fraction of sp³-hybridized carbons (Fsp3) is 0.409. The summed E-state index contributed by atoms with van der Waals surface area (Å²) in [6.07, 6.45) is 3.85. The van der Waals surface area contributed by atoms with Crippen molar-refractivity contribution in [2.45, 2.75) is 53.0 Å². The van der Waals surface area contributed by atoms with E-state index in [1.165, 1.54) is 0 Å². The van der Waals surface area contributed by atoms with Crippen molar-refractivity contribution in [3.63, 3.8) is 0 Å². The molecule has 3 aromatic heterocycles. The molecule has 10 heteroatoms. The van der Waals surface area contributed by atoms with E-state index in [0.29, 0.717) is 18.2 Å². The summed E-state index contributed by atoms with van der Waals surface area (Å²) in [6.45, 7) is 7.02. The van der Waals surface area contributed by atoms with Crippen LogP contribution in [0.4, 0.5) is 8.78 Å². The maximum Gasteiger partial charge on any atom is 0.201 e. The van der Waals surface area contributed by atoms with Gasteiger partial charge in [-0.2, -0.15) is 9.49 Å². The Morgan fingerprint density at radius 2 is 1.91 bits per heavy atom. The lowest BCUT2D eigenvalue weighted by molar-refractivity contribution is 0.559. The summed E-state index contributed by atoms with van der Waals surface area (Å²) in [7, 11) is 0. The Hall–Kier alpha value is -3.43. The highest BCUT2D eigenvalue weighted by molar-refractivity contribution is 5.56. The Balaban J connectivity index is 1.60. The number of unbranched alkanes of at least 4 members (excludes halogenated alkanes) is 1. The summed E-state index contributed by atoms with van der Waals surface area (Å²) < 4.78 is 31.9. The van der Waals surface area contributed by atoms with Gasteiger partial charge >= 0.3 is 0 Å². The molecule has 0 aliphatic heterocycles. The van der Waals surface area contributed by atoms with E-state index in [-0.39, 0.29) is 11.5 Å². The number of aryl methyl sites for hydroxylation is 1. The third-order valence-electron chi connectivity index (χ3n) is 5.14. The summed E-state index contributed by atoms with van der Waals surface area (Å²) >= 11 is 0. The number of halogens is 2. The SMILES string of the molecule is CCCCc1nc(CC(C)C)nn1Cc1ccc(-n2c(F)cc(F)c2-c2nnn[nH]2)cc1. The summed E-state index contributed by atoms with van der Waals surface area (Å²) in [5.74, 6) is 0.887. The standard InChI is InChI=1S/C22H26F2N8/c1-4-5-6-20-25-19(11-14(2)3)28-31(20)13-15-7-9-16(10-8-15)32-18(24)12-17(23)21(32)22-26-29-30-27-22/h7-10,12,14H,4-6,11,13H2,1-3H3,(H,26,27,29,30). The fourth-order valence-electron chi connectivity index (χ4n) is 3.63. The van der Waals surface area contributed by atoms with E-state index in [1.54, 1.807) is 12.1 Å².